The van der Waals surface area contributed by atoms with Crippen LogP contribution in [0.2, 0.25) is 0 Å². The predicted octanol–water partition coefficient (Wildman–Crippen LogP) is 3.24. The van der Waals surface area contributed by atoms with Gasteiger partial charge in [-0.2, -0.15) is 0 Å². The SMILES string of the molecule is Cc1cccc(C2Oc3ccccc3CC2=O)c1. The standard InChI is InChI=1S/C16H14O2/c1-11-5-4-7-13(9-11)16-14(17)10-12-6-2-3-8-15(12)18-16/h2-9,16H,10H2,1H3. The molecule has 0 bridgehead atoms. The highest BCUT2D eigenvalue weighted by Crippen LogP contribution is 2.32. The monoisotopic (exact) mass is 238 g/mol. The van der Waals surface area contributed by atoms with Gasteiger partial charge in [-0.25, -0.2) is 0 Å². The van der Waals surface area contributed by atoms with Gasteiger partial charge in [0, 0.05) is 17.5 Å². The van der Waals surface area contributed by atoms with Crippen molar-refractivity contribution in [3.63, 3.8) is 0 Å². The topological polar surface area (TPSA) is 26.3 Å². The minimum Gasteiger partial charge on any atom is -0.478 e. The van der Waals surface area contributed by atoms with Crippen molar-refractivity contribution in [2.24, 2.45) is 0 Å². The number of ether oxygens (including phenoxy) is 1. The number of carbonyl (C=O) groups excluding carboxylic acids is 1. The molecular formula is C16H14O2. The van der Waals surface area contributed by atoms with E-state index in [1.54, 1.807) is 0 Å². The van der Waals surface area contributed by atoms with Crippen LogP contribution in [0, 0.1) is 6.92 Å². The lowest BCUT2D eigenvalue weighted by Crippen LogP contribution is -2.25. The van der Waals surface area contributed by atoms with Gasteiger partial charge in [-0.3, -0.25) is 4.79 Å². The maximum absolute atomic E-state index is 12.1. The van der Waals surface area contributed by atoms with Crippen LogP contribution < -0.4 is 4.74 Å². The van der Waals surface area contributed by atoms with E-state index < -0.39 is 6.10 Å². The molecule has 0 saturated carbocycles. The highest BCUT2D eigenvalue weighted by Gasteiger charge is 2.28. The van der Waals surface area contributed by atoms with E-state index in [0.29, 0.717) is 6.42 Å². The molecule has 0 saturated heterocycles. The second-order valence-electron chi connectivity index (χ2n) is 4.66. The van der Waals surface area contributed by atoms with Gasteiger partial charge in [0.2, 0.25) is 0 Å². The fourth-order valence-corrected chi connectivity index (χ4v) is 2.33. The Morgan fingerprint density at radius 2 is 1.94 bits per heavy atom. The van der Waals surface area contributed by atoms with Gasteiger partial charge in [-0.15, -0.1) is 0 Å². The molecule has 1 heterocycles. The Labute approximate surface area is 106 Å². The quantitative estimate of drug-likeness (QED) is 0.762. The largest absolute Gasteiger partial charge is 0.478 e. The molecule has 0 N–H and O–H groups in total. The molecule has 0 amide bonds. The van der Waals surface area contributed by atoms with Crippen LogP contribution in [0.25, 0.3) is 0 Å². The summed E-state index contributed by atoms with van der Waals surface area (Å²) in [6, 6.07) is 15.7. The molecule has 2 heteroatoms. The normalized spacial score (nSPS) is 18.1. The Hall–Kier alpha value is -2.09. The molecule has 3 rings (SSSR count). The molecule has 2 aromatic carbocycles. The summed E-state index contributed by atoms with van der Waals surface area (Å²) in [6.07, 6.45) is -0.00536. The van der Waals surface area contributed by atoms with E-state index in [2.05, 4.69) is 0 Å². The summed E-state index contributed by atoms with van der Waals surface area (Å²) < 4.78 is 5.84. The number of Topliss-reactive ketones (excluding diaryl/α,β-unsaturated/α-hetero) is 1. The van der Waals surface area contributed by atoms with Crippen molar-refractivity contribution >= 4 is 5.78 Å². The fraction of sp³-hybridized carbons (Fsp3) is 0.188. The summed E-state index contributed by atoms with van der Waals surface area (Å²) >= 11 is 0. The zero-order valence-electron chi connectivity index (χ0n) is 10.2. The van der Waals surface area contributed by atoms with Crippen LogP contribution in [0.4, 0.5) is 0 Å². The number of para-hydroxylation sites is 1. The summed E-state index contributed by atoms with van der Waals surface area (Å²) in [5, 5.41) is 0. The van der Waals surface area contributed by atoms with E-state index >= 15 is 0 Å². The van der Waals surface area contributed by atoms with E-state index in [-0.39, 0.29) is 5.78 Å². The molecule has 0 fully saturated rings. The van der Waals surface area contributed by atoms with Gasteiger partial charge in [0.05, 0.1) is 0 Å². The minimum atomic E-state index is -0.459. The molecule has 0 spiro atoms. The molecule has 0 aromatic heterocycles. The van der Waals surface area contributed by atoms with Crippen molar-refractivity contribution in [1.82, 2.24) is 0 Å². The summed E-state index contributed by atoms with van der Waals surface area (Å²) in [6.45, 7) is 2.02. The molecule has 90 valence electrons. The number of aryl methyl sites for hydroxylation is 1. The van der Waals surface area contributed by atoms with E-state index in [1.807, 2.05) is 55.5 Å². The second kappa shape index (κ2) is 4.30. The highest BCUT2D eigenvalue weighted by atomic mass is 16.5. The molecule has 1 atom stereocenters. The van der Waals surface area contributed by atoms with Gasteiger partial charge < -0.3 is 4.74 Å². The summed E-state index contributed by atoms with van der Waals surface area (Å²) in [5.74, 6) is 0.947. The second-order valence-corrected chi connectivity index (χ2v) is 4.66. The Kier molecular flexibility index (Phi) is 2.63. The van der Waals surface area contributed by atoms with Gasteiger partial charge in [-0.1, -0.05) is 48.0 Å². The zero-order chi connectivity index (χ0) is 12.5. The minimum absolute atomic E-state index is 0.124. The average Bonchev–Trinajstić information content (AvgIpc) is 2.38. The van der Waals surface area contributed by atoms with Crippen molar-refractivity contribution < 1.29 is 9.53 Å². The lowest BCUT2D eigenvalue weighted by Gasteiger charge is -2.25. The third-order valence-corrected chi connectivity index (χ3v) is 3.22. The van der Waals surface area contributed by atoms with Crippen LogP contribution in [0.15, 0.2) is 48.5 Å². The Bertz CT molecular complexity index is 602. The van der Waals surface area contributed by atoms with Crippen LogP contribution in [-0.2, 0) is 11.2 Å². The van der Waals surface area contributed by atoms with Gasteiger partial charge in [0.25, 0.3) is 0 Å². The summed E-state index contributed by atoms with van der Waals surface area (Å²) in [7, 11) is 0. The van der Waals surface area contributed by atoms with Crippen molar-refractivity contribution in [3.8, 4) is 5.75 Å². The van der Waals surface area contributed by atoms with Crippen LogP contribution in [0.3, 0.4) is 0 Å². The molecule has 1 unspecified atom stereocenters. The molecular weight excluding hydrogens is 224 g/mol. The fourth-order valence-electron chi connectivity index (χ4n) is 2.33. The first kappa shape index (κ1) is 11.0. The molecule has 18 heavy (non-hydrogen) atoms. The van der Waals surface area contributed by atoms with Crippen LogP contribution >= 0.6 is 0 Å². The van der Waals surface area contributed by atoms with Gasteiger partial charge in [-0.05, 0) is 13.0 Å². The van der Waals surface area contributed by atoms with Crippen molar-refractivity contribution in [1.29, 1.82) is 0 Å². The number of hydrogen-bond acceptors (Lipinski definition) is 2. The van der Waals surface area contributed by atoms with Crippen molar-refractivity contribution in [3.05, 3.63) is 65.2 Å². The number of rotatable bonds is 1. The molecule has 2 aromatic rings. The van der Waals surface area contributed by atoms with E-state index in [0.717, 1.165) is 22.4 Å². The van der Waals surface area contributed by atoms with Crippen LogP contribution in [0.5, 0.6) is 5.75 Å². The molecule has 0 radical (unpaired) electrons. The molecule has 1 aliphatic heterocycles. The first-order valence-corrected chi connectivity index (χ1v) is 6.08. The van der Waals surface area contributed by atoms with Crippen LogP contribution in [-0.4, -0.2) is 5.78 Å². The van der Waals surface area contributed by atoms with Crippen molar-refractivity contribution in [2.45, 2.75) is 19.4 Å². The predicted molar refractivity (Wildman–Crippen MR) is 69.7 cm³/mol. The average molecular weight is 238 g/mol. The van der Waals surface area contributed by atoms with E-state index in [9.17, 15) is 4.79 Å². The summed E-state index contributed by atoms with van der Waals surface area (Å²) in [4.78, 5) is 12.1. The smallest absolute Gasteiger partial charge is 0.182 e. The van der Waals surface area contributed by atoms with Crippen molar-refractivity contribution in [2.75, 3.05) is 0 Å². The summed E-state index contributed by atoms with van der Waals surface area (Å²) in [5.41, 5.74) is 3.06. The molecule has 1 aliphatic rings. The van der Waals surface area contributed by atoms with Gasteiger partial charge >= 0.3 is 0 Å². The van der Waals surface area contributed by atoms with E-state index in [4.69, 9.17) is 4.74 Å². The number of carbonyl (C=O) groups is 1. The molecule has 2 nitrogen and oxygen atoms in total. The Balaban J connectivity index is 1.98. The zero-order valence-corrected chi connectivity index (χ0v) is 10.2. The first-order chi connectivity index (χ1) is 8.74. The Morgan fingerprint density at radius 3 is 2.78 bits per heavy atom. The number of benzene rings is 2. The molecule has 0 aliphatic carbocycles. The lowest BCUT2D eigenvalue weighted by atomic mass is 9.95. The van der Waals surface area contributed by atoms with Gasteiger partial charge in [0.1, 0.15) is 5.75 Å². The Morgan fingerprint density at radius 1 is 1.11 bits per heavy atom. The maximum atomic E-state index is 12.1. The number of hydrogen-bond donors (Lipinski definition) is 0. The third-order valence-electron chi connectivity index (χ3n) is 3.22. The van der Waals surface area contributed by atoms with Crippen LogP contribution in [0.1, 0.15) is 22.8 Å². The highest BCUT2D eigenvalue weighted by molar-refractivity contribution is 5.88. The number of ketones is 1. The lowest BCUT2D eigenvalue weighted by molar-refractivity contribution is -0.126. The maximum Gasteiger partial charge on any atom is 0.182 e. The first-order valence-electron chi connectivity index (χ1n) is 6.08. The van der Waals surface area contributed by atoms with Gasteiger partial charge in [0.15, 0.2) is 11.9 Å². The number of fused-ring (bicyclic) bond motifs is 1. The third kappa shape index (κ3) is 1.90. The van der Waals surface area contributed by atoms with E-state index in [1.165, 1.54) is 0 Å².